The van der Waals surface area contributed by atoms with Gasteiger partial charge in [-0.05, 0) is 30.6 Å². The summed E-state index contributed by atoms with van der Waals surface area (Å²) in [6, 6.07) is 0.731. The van der Waals surface area contributed by atoms with E-state index in [0.29, 0.717) is 17.3 Å². The summed E-state index contributed by atoms with van der Waals surface area (Å²) in [5.41, 5.74) is 0.336. The second-order valence-corrected chi connectivity index (χ2v) is 6.07. The first-order chi connectivity index (χ1) is 8.10. The Morgan fingerprint density at radius 1 is 1.24 bits per heavy atom. The van der Waals surface area contributed by atoms with Crippen molar-refractivity contribution in [3.05, 3.63) is 5.82 Å². The van der Waals surface area contributed by atoms with Crippen LogP contribution in [0.25, 0.3) is 0 Å². The maximum absolute atomic E-state index is 5.41. The van der Waals surface area contributed by atoms with Gasteiger partial charge < -0.3 is 9.42 Å². The Morgan fingerprint density at radius 3 is 2.47 bits per heavy atom. The molecule has 1 aliphatic heterocycles. The molecule has 17 heavy (non-hydrogen) atoms. The van der Waals surface area contributed by atoms with Gasteiger partial charge in [-0.2, -0.15) is 4.98 Å². The van der Waals surface area contributed by atoms with E-state index in [0.717, 1.165) is 24.9 Å². The summed E-state index contributed by atoms with van der Waals surface area (Å²) in [6.45, 7) is 8.94. The monoisotopic (exact) mass is 235 g/mol. The molecule has 1 aromatic heterocycles. The van der Waals surface area contributed by atoms with Crippen molar-refractivity contribution in [3.8, 4) is 0 Å². The lowest BCUT2D eigenvalue weighted by molar-refractivity contribution is 0.394. The molecule has 3 rings (SSSR count). The van der Waals surface area contributed by atoms with E-state index in [4.69, 9.17) is 4.52 Å². The van der Waals surface area contributed by atoms with E-state index in [1.165, 1.54) is 19.3 Å². The Bertz CT molecular complexity index is 407. The average Bonchev–Trinajstić information content (AvgIpc) is 2.72. The second kappa shape index (κ2) is 3.72. The van der Waals surface area contributed by atoms with E-state index >= 15 is 0 Å². The van der Waals surface area contributed by atoms with Crippen LogP contribution in [0.15, 0.2) is 4.52 Å². The molecule has 1 aromatic rings. The van der Waals surface area contributed by atoms with Gasteiger partial charge in [-0.15, -0.1) is 0 Å². The average molecular weight is 235 g/mol. The number of nitrogens with zero attached hydrogens (tertiary/aromatic N) is 3. The van der Waals surface area contributed by atoms with Crippen molar-refractivity contribution >= 4 is 6.01 Å². The highest BCUT2D eigenvalue weighted by Crippen LogP contribution is 2.63. The van der Waals surface area contributed by atoms with Crippen molar-refractivity contribution in [2.24, 2.45) is 11.3 Å². The first-order valence-corrected chi connectivity index (χ1v) is 6.69. The predicted octanol–water partition coefficient (Wildman–Crippen LogP) is 2.82. The third-order valence-electron chi connectivity index (χ3n) is 4.70. The molecule has 94 valence electrons. The van der Waals surface area contributed by atoms with Gasteiger partial charge in [0.05, 0.1) is 0 Å². The van der Waals surface area contributed by atoms with Crippen molar-refractivity contribution in [1.29, 1.82) is 0 Å². The highest BCUT2D eigenvalue weighted by Gasteiger charge is 2.57. The molecule has 1 aliphatic carbocycles. The first-order valence-electron chi connectivity index (χ1n) is 6.69. The number of hydrogen-bond donors (Lipinski definition) is 0. The van der Waals surface area contributed by atoms with Crippen molar-refractivity contribution in [2.45, 2.75) is 46.0 Å². The molecule has 2 atom stereocenters. The van der Waals surface area contributed by atoms with Gasteiger partial charge in [0.15, 0.2) is 5.82 Å². The van der Waals surface area contributed by atoms with Crippen LogP contribution in [0.1, 0.15) is 51.8 Å². The number of hydrogen-bond acceptors (Lipinski definition) is 4. The number of rotatable bonds is 2. The lowest BCUT2D eigenvalue weighted by Crippen LogP contribution is -2.29. The summed E-state index contributed by atoms with van der Waals surface area (Å²) in [4.78, 5) is 6.81. The van der Waals surface area contributed by atoms with E-state index in [2.05, 4.69) is 35.8 Å². The first kappa shape index (κ1) is 11.1. The molecule has 0 amide bonds. The smallest absolute Gasteiger partial charge is 0.324 e. The molecule has 2 heterocycles. The fourth-order valence-electron chi connectivity index (χ4n) is 3.02. The molecular weight excluding hydrogens is 214 g/mol. The quantitative estimate of drug-likeness (QED) is 0.790. The minimum atomic E-state index is 0.336. The Labute approximate surface area is 102 Å². The van der Waals surface area contributed by atoms with E-state index in [1.54, 1.807) is 0 Å². The van der Waals surface area contributed by atoms with Crippen LogP contribution in [0.2, 0.25) is 0 Å². The Morgan fingerprint density at radius 2 is 1.88 bits per heavy atom. The SMILES string of the molecule is C[C@@H]1[C@@H](c2noc(N3CCCCC3)n2)C1(C)C. The summed E-state index contributed by atoms with van der Waals surface area (Å²) in [5.74, 6) is 2.04. The molecule has 0 bridgehead atoms. The summed E-state index contributed by atoms with van der Waals surface area (Å²) in [7, 11) is 0. The number of piperidine rings is 1. The predicted molar refractivity (Wildman–Crippen MR) is 66.0 cm³/mol. The van der Waals surface area contributed by atoms with Crippen LogP contribution in [0.5, 0.6) is 0 Å². The van der Waals surface area contributed by atoms with Gasteiger partial charge in [-0.3, -0.25) is 0 Å². The van der Waals surface area contributed by atoms with E-state index in [-0.39, 0.29) is 0 Å². The van der Waals surface area contributed by atoms with Crippen molar-refractivity contribution in [3.63, 3.8) is 0 Å². The molecule has 1 saturated heterocycles. The Balaban J connectivity index is 1.75. The molecule has 4 nitrogen and oxygen atoms in total. The lowest BCUT2D eigenvalue weighted by atomic mass is 10.1. The van der Waals surface area contributed by atoms with Crippen LogP contribution in [-0.4, -0.2) is 23.2 Å². The summed E-state index contributed by atoms with van der Waals surface area (Å²) < 4.78 is 5.41. The fourth-order valence-corrected chi connectivity index (χ4v) is 3.02. The summed E-state index contributed by atoms with van der Waals surface area (Å²) >= 11 is 0. The second-order valence-electron chi connectivity index (χ2n) is 6.07. The van der Waals surface area contributed by atoms with Crippen molar-refractivity contribution in [1.82, 2.24) is 10.1 Å². The molecule has 0 aromatic carbocycles. The van der Waals surface area contributed by atoms with Gasteiger partial charge in [-0.25, -0.2) is 0 Å². The molecule has 0 unspecified atom stereocenters. The maximum Gasteiger partial charge on any atom is 0.324 e. The highest BCUT2D eigenvalue weighted by molar-refractivity contribution is 5.29. The Kier molecular flexibility index (Phi) is 2.42. The fraction of sp³-hybridized carbons (Fsp3) is 0.846. The van der Waals surface area contributed by atoms with Gasteiger partial charge in [0.2, 0.25) is 0 Å². The molecule has 1 saturated carbocycles. The molecule has 0 spiro atoms. The number of anilines is 1. The normalized spacial score (nSPS) is 31.6. The van der Waals surface area contributed by atoms with E-state index in [1.807, 2.05) is 0 Å². The molecular formula is C13H21N3O. The van der Waals surface area contributed by atoms with E-state index in [9.17, 15) is 0 Å². The highest BCUT2D eigenvalue weighted by atomic mass is 16.5. The zero-order valence-electron chi connectivity index (χ0n) is 10.9. The van der Waals surface area contributed by atoms with Crippen LogP contribution in [0, 0.1) is 11.3 Å². The lowest BCUT2D eigenvalue weighted by Gasteiger charge is -2.23. The topological polar surface area (TPSA) is 42.2 Å². The largest absolute Gasteiger partial charge is 0.324 e. The summed E-state index contributed by atoms with van der Waals surface area (Å²) in [6.07, 6.45) is 3.80. The van der Waals surface area contributed by atoms with E-state index < -0.39 is 0 Å². The van der Waals surface area contributed by atoms with Gasteiger partial charge in [0, 0.05) is 19.0 Å². The third-order valence-corrected chi connectivity index (χ3v) is 4.70. The zero-order valence-corrected chi connectivity index (χ0v) is 10.9. The van der Waals surface area contributed by atoms with Crippen LogP contribution in [-0.2, 0) is 0 Å². The summed E-state index contributed by atoms with van der Waals surface area (Å²) in [5, 5.41) is 4.17. The van der Waals surface area contributed by atoms with Gasteiger partial charge >= 0.3 is 6.01 Å². The van der Waals surface area contributed by atoms with Crippen LogP contribution in [0.3, 0.4) is 0 Å². The molecule has 4 heteroatoms. The third kappa shape index (κ3) is 1.74. The van der Waals surface area contributed by atoms with Gasteiger partial charge in [0.1, 0.15) is 0 Å². The van der Waals surface area contributed by atoms with Gasteiger partial charge in [-0.1, -0.05) is 25.9 Å². The van der Waals surface area contributed by atoms with Crippen LogP contribution < -0.4 is 4.90 Å². The van der Waals surface area contributed by atoms with Gasteiger partial charge in [0.25, 0.3) is 0 Å². The van der Waals surface area contributed by atoms with Crippen molar-refractivity contribution in [2.75, 3.05) is 18.0 Å². The zero-order chi connectivity index (χ0) is 12.0. The molecule has 0 N–H and O–H groups in total. The van der Waals surface area contributed by atoms with Crippen LogP contribution in [0.4, 0.5) is 6.01 Å². The maximum atomic E-state index is 5.41. The standard InChI is InChI=1S/C13H21N3O/c1-9-10(13(9,2)3)11-14-12(17-15-11)16-7-5-4-6-8-16/h9-10H,4-8H2,1-3H3/t9-,10+/m1/s1. The molecule has 2 fully saturated rings. The Hall–Kier alpha value is -1.06. The number of aromatic nitrogens is 2. The van der Waals surface area contributed by atoms with Crippen molar-refractivity contribution < 1.29 is 4.52 Å². The van der Waals surface area contributed by atoms with Crippen LogP contribution >= 0.6 is 0 Å². The minimum absolute atomic E-state index is 0.336. The minimum Gasteiger partial charge on any atom is -0.324 e. The molecule has 0 radical (unpaired) electrons. The molecule has 2 aliphatic rings.